The number of nitrogens with zero attached hydrogens (tertiary/aromatic N) is 1. The molecule has 2 fully saturated rings. The molecule has 0 aliphatic carbocycles. The summed E-state index contributed by atoms with van der Waals surface area (Å²) in [6.07, 6.45) is 1.43. The fourth-order valence-electron chi connectivity index (χ4n) is 3.36. The van der Waals surface area contributed by atoms with Crippen LogP contribution in [-0.4, -0.2) is 47.2 Å². The SMILES string of the molecule is O=C(O)[C@H]1CC[C@@H](C(=O)N2CCC(c3ccccc3)CC2)O1. The second kappa shape index (κ2) is 6.48. The zero-order chi connectivity index (χ0) is 15.5. The lowest BCUT2D eigenvalue weighted by Gasteiger charge is -2.33. The number of amides is 1. The average molecular weight is 303 g/mol. The van der Waals surface area contributed by atoms with E-state index in [-0.39, 0.29) is 5.91 Å². The van der Waals surface area contributed by atoms with Crippen molar-refractivity contribution in [1.29, 1.82) is 0 Å². The standard InChI is InChI=1S/C17H21NO4/c19-16(14-6-7-15(22-14)17(20)21)18-10-8-13(9-11-18)12-4-2-1-3-5-12/h1-5,13-15H,6-11H2,(H,20,21)/t14-,15+/m0/s1. The van der Waals surface area contributed by atoms with Gasteiger partial charge in [-0.15, -0.1) is 0 Å². The third-order valence-corrected chi connectivity index (χ3v) is 4.65. The van der Waals surface area contributed by atoms with Gasteiger partial charge in [0.2, 0.25) is 0 Å². The van der Waals surface area contributed by atoms with Crippen molar-refractivity contribution in [3.8, 4) is 0 Å². The number of aliphatic carboxylic acids is 1. The van der Waals surface area contributed by atoms with Gasteiger partial charge in [-0.05, 0) is 37.2 Å². The summed E-state index contributed by atoms with van der Waals surface area (Å²) in [5, 5.41) is 8.93. The topological polar surface area (TPSA) is 66.8 Å². The summed E-state index contributed by atoms with van der Waals surface area (Å²) in [5.41, 5.74) is 1.33. The number of likely N-dealkylation sites (tertiary alicyclic amines) is 1. The number of carbonyl (C=O) groups is 2. The van der Waals surface area contributed by atoms with Crippen LogP contribution in [0.4, 0.5) is 0 Å². The van der Waals surface area contributed by atoms with Crippen molar-refractivity contribution >= 4 is 11.9 Å². The Balaban J connectivity index is 1.53. The van der Waals surface area contributed by atoms with Gasteiger partial charge in [-0.2, -0.15) is 0 Å². The lowest BCUT2D eigenvalue weighted by molar-refractivity contribution is -0.155. The van der Waals surface area contributed by atoms with Crippen LogP contribution in [0.1, 0.15) is 37.2 Å². The Labute approximate surface area is 129 Å². The van der Waals surface area contributed by atoms with Crippen molar-refractivity contribution in [2.45, 2.75) is 43.8 Å². The molecular formula is C17H21NO4. The molecule has 118 valence electrons. The van der Waals surface area contributed by atoms with E-state index in [9.17, 15) is 9.59 Å². The zero-order valence-electron chi connectivity index (χ0n) is 12.5. The van der Waals surface area contributed by atoms with Crippen LogP contribution < -0.4 is 0 Å². The molecule has 0 saturated carbocycles. The molecular weight excluding hydrogens is 282 g/mol. The molecule has 2 aliphatic heterocycles. The van der Waals surface area contributed by atoms with E-state index in [0.717, 1.165) is 25.9 Å². The number of carboxylic acids is 1. The number of benzene rings is 1. The van der Waals surface area contributed by atoms with Gasteiger partial charge in [0.15, 0.2) is 6.10 Å². The molecule has 2 atom stereocenters. The summed E-state index contributed by atoms with van der Waals surface area (Å²) in [6, 6.07) is 10.4. The van der Waals surface area contributed by atoms with Crippen LogP contribution in [-0.2, 0) is 14.3 Å². The van der Waals surface area contributed by atoms with Gasteiger partial charge in [-0.3, -0.25) is 4.79 Å². The molecule has 1 aromatic rings. The molecule has 0 aromatic heterocycles. The summed E-state index contributed by atoms with van der Waals surface area (Å²) in [7, 11) is 0. The summed E-state index contributed by atoms with van der Waals surface area (Å²) < 4.78 is 5.36. The van der Waals surface area contributed by atoms with E-state index >= 15 is 0 Å². The van der Waals surface area contributed by atoms with Crippen molar-refractivity contribution in [2.24, 2.45) is 0 Å². The average Bonchev–Trinajstić information content (AvgIpc) is 3.05. The molecule has 1 amide bonds. The van der Waals surface area contributed by atoms with E-state index in [4.69, 9.17) is 9.84 Å². The van der Waals surface area contributed by atoms with Gasteiger partial charge in [-0.25, -0.2) is 4.79 Å². The van der Waals surface area contributed by atoms with Crippen molar-refractivity contribution < 1.29 is 19.4 Å². The van der Waals surface area contributed by atoms with Crippen LogP contribution in [0.2, 0.25) is 0 Å². The summed E-state index contributed by atoms with van der Waals surface area (Å²) in [5.74, 6) is -0.519. The van der Waals surface area contributed by atoms with Gasteiger partial charge in [-0.1, -0.05) is 30.3 Å². The van der Waals surface area contributed by atoms with Crippen molar-refractivity contribution in [1.82, 2.24) is 4.90 Å². The third kappa shape index (κ3) is 3.14. The van der Waals surface area contributed by atoms with Crippen LogP contribution in [0.5, 0.6) is 0 Å². The molecule has 0 unspecified atom stereocenters. The minimum Gasteiger partial charge on any atom is -0.479 e. The zero-order valence-corrected chi connectivity index (χ0v) is 12.5. The number of hydrogen-bond donors (Lipinski definition) is 1. The highest BCUT2D eigenvalue weighted by Crippen LogP contribution is 2.29. The van der Waals surface area contributed by atoms with Gasteiger partial charge in [0, 0.05) is 13.1 Å². The normalized spacial score (nSPS) is 26.1. The molecule has 5 heteroatoms. The predicted molar refractivity (Wildman–Crippen MR) is 80.5 cm³/mol. The summed E-state index contributed by atoms with van der Waals surface area (Å²) in [6.45, 7) is 1.44. The monoisotopic (exact) mass is 303 g/mol. The van der Waals surface area contributed by atoms with Gasteiger partial charge < -0.3 is 14.7 Å². The first-order valence-corrected chi connectivity index (χ1v) is 7.87. The Morgan fingerprint density at radius 1 is 1.00 bits per heavy atom. The first-order valence-electron chi connectivity index (χ1n) is 7.87. The van der Waals surface area contributed by atoms with Crippen molar-refractivity contribution in [3.63, 3.8) is 0 Å². The Morgan fingerprint density at radius 2 is 1.64 bits per heavy atom. The van der Waals surface area contributed by atoms with Crippen molar-refractivity contribution in [3.05, 3.63) is 35.9 Å². The van der Waals surface area contributed by atoms with Gasteiger partial charge >= 0.3 is 5.97 Å². The summed E-state index contributed by atoms with van der Waals surface area (Å²) >= 11 is 0. The predicted octanol–water partition coefficient (Wildman–Crippen LogP) is 2.02. The molecule has 2 saturated heterocycles. The van der Waals surface area contributed by atoms with Crippen LogP contribution in [0.15, 0.2) is 30.3 Å². The van der Waals surface area contributed by atoms with E-state index in [1.165, 1.54) is 5.56 Å². The molecule has 1 N–H and O–H groups in total. The number of carboxylic acid groups (broad SMARTS) is 1. The summed E-state index contributed by atoms with van der Waals surface area (Å²) in [4.78, 5) is 25.1. The Hall–Kier alpha value is -1.88. The first-order chi connectivity index (χ1) is 10.6. The van der Waals surface area contributed by atoms with E-state index in [2.05, 4.69) is 12.1 Å². The fourth-order valence-corrected chi connectivity index (χ4v) is 3.36. The molecule has 3 rings (SSSR count). The molecule has 0 spiro atoms. The minimum absolute atomic E-state index is 0.0461. The van der Waals surface area contributed by atoms with E-state index < -0.39 is 18.2 Å². The number of rotatable bonds is 3. The van der Waals surface area contributed by atoms with Crippen LogP contribution in [0.3, 0.4) is 0 Å². The Kier molecular flexibility index (Phi) is 4.43. The lowest BCUT2D eigenvalue weighted by atomic mass is 9.89. The number of ether oxygens (including phenoxy) is 1. The van der Waals surface area contributed by atoms with Crippen molar-refractivity contribution in [2.75, 3.05) is 13.1 Å². The Bertz CT molecular complexity index is 537. The highest BCUT2D eigenvalue weighted by atomic mass is 16.5. The maximum Gasteiger partial charge on any atom is 0.332 e. The Morgan fingerprint density at radius 3 is 2.23 bits per heavy atom. The van der Waals surface area contributed by atoms with Crippen LogP contribution >= 0.6 is 0 Å². The molecule has 2 heterocycles. The maximum atomic E-state index is 12.4. The second-order valence-corrected chi connectivity index (χ2v) is 6.04. The molecule has 0 radical (unpaired) electrons. The quantitative estimate of drug-likeness (QED) is 0.928. The van der Waals surface area contributed by atoms with Crippen LogP contribution in [0.25, 0.3) is 0 Å². The fraction of sp³-hybridized carbons (Fsp3) is 0.529. The molecule has 22 heavy (non-hydrogen) atoms. The number of hydrogen-bond acceptors (Lipinski definition) is 3. The molecule has 5 nitrogen and oxygen atoms in total. The molecule has 0 bridgehead atoms. The first kappa shape index (κ1) is 15.0. The molecule has 1 aromatic carbocycles. The van der Waals surface area contributed by atoms with E-state index in [1.807, 2.05) is 23.1 Å². The van der Waals surface area contributed by atoms with E-state index in [0.29, 0.717) is 18.8 Å². The highest BCUT2D eigenvalue weighted by molar-refractivity contribution is 5.82. The van der Waals surface area contributed by atoms with Gasteiger partial charge in [0.05, 0.1) is 0 Å². The van der Waals surface area contributed by atoms with Gasteiger partial charge in [0.25, 0.3) is 5.91 Å². The highest BCUT2D eigenvalue weighted by Gasteiger charge is 2.37. The largest absolute Gasteiger partial charge is 0.479 e. The van der Waals surface area contributed by atoms with E-state index in [1.54, 1.807) is 0 Å². The van der Waals surface area contributed by atoms with Gasteiger partial charge in [0.1, 0.15) is 6.10 Å². The number of piperidine rings is 1. The maximum absolute atomic E-state index is 12.4. The third-order valence-electron chi connectivity index (χ3n) is 4.65. The molecule has 2 aliphatic rings. The minimum atomic E-state index is -0.974. The smallest absolute Gasteiger partial charge is 0.332 e. The second-order valence-electron chi connectivity index (χ2n) is 6.04. The van der Waals surface area contributed by atoms with Crippen LogP contribution in [0, 0.1) is 0 Å². The number of carbonyl (C=O) groups excluding carboxylic acids is 1. The lowest BCUT2D eigenvalue weighted by Crippen LogP contribution is -2.43.